The first-order valence-electron chi connectivity index (χ1n) is 8.05. The van der Waals surface area contributed by atoms with Gasteiger partial charge in [0, 0.05) is 23.7 Å². The van der Waals surface area contributed by atoms with Crippen LogP contribution in [0.3, 0.4) is 0 Å². The van der Waals surface area contributed by atoms with Crippen LogP contribution in [0.5, 0.6) is 0 Å². The minimum Gasteiger partial charge on any atom is -0.261 e. The van der Waals surface area contributed by atoms with E-state index in [4.69, 9.17) is 5.10 Å². The van der Waals surface area contributed by atoms with Crippen LogP contribution in [0.15, 0.2) is 76.1 Å². The maximum Gasteiger partial charge on any atom is 0.205 e. The molecule has 0 bridgehead atoms. The van der Waals surface area contributed by atoms with Crippen molar-refractivity contribution in [1.82, 2.24) is 4.68 Å². The van der Waals surface area contributed by atoms with Crippen molar-refractivity contribution >= 4 is 17.0 Å². The van der Waals surface area contributed by atoms with E-state index in [1.54, 1.807) is 11.3 Å². The lowest BCUT2D eigenvalue weighted by molar-refractivity contribution is 0.830. The molecule has 1 heterocycles. The Morgan fingerprint density at radius 1 is 1.00 bits per heavy atom. The lowest BCUT2D eigenvalue weighted by Crippen LogP contribution is -2.13. The molecule has 0 spiro atoms. The van der Waals surface area contributed by atoms with E-state index in [1.807, 2.05) is 36.0 Å². The zero-order chi connectivity index (χ0) is 16.8. The number of nitrogens with zero attached hydrogens (tertiary/aromatic N) is 3. The first-order valence-corrected chi connectivity index (χ1v) is 8.93. The van der Waals surface area contributed by atoms with Gasteiger partial charge in [-0.3, -0.25) is 4.99 Å². The second-order valence-corrected chi connectivity index (χ2v) is 6.46. The third kappa shape index (κ3) is 3.89. The average Bonchev–Trinajstić information content (AvgIpc) is 3.04. The molecule has 0 aliphatic heterocycles. The average molecular weight is 335 g/mol. The minimum absolute atomic E-state index is 0.910. The van der Waals surface area contributed by atoms with Crippen LogP contribution < -0.4 is 4.80 Å². The molecular formula is C20H21N3S. The molecule has 0 N–H and O–H groups in total. The monoisotopic (exact) mass is 335 g/mol. The molecule has 3 nitrogen and oxygen atoms in total. The van der Waals surface area contributed by atoms with Gasteiger partial charge in [0.25, 0.3) is 0 Å². The van der Waals surface area contributed by atoms with Crippen molar-refractivity contribution in [2.45, 2.75) is 19.8 Å². The van der Waals surface area contributed by atoms with Gasteiger partial charge in [0.2, 0.25) is 4.80 Å². The van der Waals surface area contributed by atoms with Crippen molar-refractivity contribution in [3.8, 4) is 11.3 Å². The molecule has 1 aromatic heterocycles. The van der Waals surface area contributed by atoms with Crippen molar-refractivity contribution in [3.63, 3.8) is 0 Å². The SMILES string of the molecule is CN=c1scc(-c2ccccc2)n1N=C(C)CCc1ccccc1. The second kappa shape index (κ2) is 7.88. The van der Waals surface area contributed by atoms with Gasteiger partial charge in [-0.15, -0.1) is 11.3 Å². The largest absolute Gasteiger partial charge is 0.261 e. The van der Waals surface area contributed by atoms with Gasteiger partial charge < -0.3 is 0 Å². The normalized spacial score (nSPS) is 12.6. The quantitative estimate of drug-likeness (QED) is 0.610. The number of benzene rings is 2. The highest BCUT2D eigenvalue weighted by molar-refractivity contribution is 7.07. The van der Waals surface area contributed by atoms with Gasteiger partial charge in [0.1, 0.15) is 0 Å². The number of rotatable bonds is 5. The molecule has 0 fully saturated rings. The zero-order valence-electron chi connectivity index (χ0n) is 14.0. The van der Waals surface area contributed by atoms with Gasteiger partial charge in [-0.25, -0.2) is 4.68 Å². The van der Waals surface area contributed by atoms with E-state index < -0.39 is 0 Å². The molecule has 2 aromatic carbocycles. The van der Waals surface area contributed by atoms with Crippen LogP contribution in [0.1, 0.15) is 18.9 Å². The minimum atomic E-state index is 0.910. The molecule has 0 aliphatic rings. The number of thiazole rings is 1. The van der Waals surface area contributed by atoms with Crippen LogP contribution in [-0.4, -0.2) is 17.4 Å². The lowest BCUT2D eigenvalue weighted by atomic mass is 10.1. The van der Waals surface area contributed by atoms with Gasteiger partial charge in [0.15, 0.2) is 0 Å². The summed E-state index contributed by atoms with van der Waals surface area (Å²) in [6.07, 6.45) is 1.93. The van der Waals surface area contributed by atoms with E-state index >= 15 is 0 Å². The third-order valence-corrected chi connectivity index (χ3v) is 4.74. The molecule has 122 valence electrons. The summed E-state index contributed by atoms with van der Waals surface area (Å²) in [6.45, 7) is 2.09. The fraction of sp³-hybridized carbons (Fsp3) is 0.200. The number of aryl methyl sites for hydroxylation is 1. The van der Waals surface area contributed by atoms with Gasteiger partial charge >= 0.3 is 0 Å². The first-order chi connectivity index (χ1) is 11.8. The van der Waals surface area contributed by atoms with Crippen molar-refractivity contribution < 1.29 is 0 Å². The predicted octanol–water partition coefficient (Wildman–Crippen LogP) is 4.60. The van der Waals surface area contributed by atoms with Crippen molar-refractivity contribution in [3.05, 3.63) is 76.4 Å². The molecule has 24 heavy (non-hydrogen) atoms. The molecule has 4 heteroatoms. The van der Waals surface area contributed by atoms with Crippen LogP contribution >= 0.6 is 11.3 Å². The number of hydrogen-bond acceptors (Lipinski definition) is 3. The van der Waals surface area contributed by atoms with Crippen molar-refractivity contribution in [2.24, 2.45) is 10.1 Å². The lowest BCUT2D eigenvalue weighted by Gasteiger charge is -2.06. The highest BCUT2D eigenvalue weighted by Crippen LogP contribution is 2.19. The molecule has 0 radical (unpaired) electrons. The van der Waals surface area contributed by atoms with Gasteiger partial charge in [0.05, 0.1) is 5.69 Å². The van der Waals surface area contributed by atoms with Gasteiger partial charge in [-0.1, -0.05) is 60.7 Å². The number of aromatic nitrogens is 1. The molecule has 0 amide bonds. The molecule has 0 saturated carbocycles. The molecule has 3 rings (SSSR count). The Balaban J connectivity index is 1.87. The van der Waals surface area contributed by atoms with Gasteiger partial charge in [-0.05, 0) is 25.3 Å². The first kappa shape index (κ1) is 16.4. The van der Waals surface area contributed by atoms with Crippen LogP contribution in [0.2, 0.25) is 0 Å². The molecule has 0 saturated heterocycles. The Kier molecular flexibility index (Phi) is 5.39. The van der Waals surface area contributed by atoms with E-state index in [0.717, 1.165) is 34.6 Å². The Hall–Kier alpha value is -2.46. The smallest absolute Gasteiger partial charge is 0.205 e. The van der Waals surface area contributed by atoms with Crippen molar-refractivity contribution in [2.75, 3.05) is 7.05 Å². The van der Waals surface area contributed by atoms with Crippen molar-refractivity contribution in [1.29, 1.82) is 0 Å². The summed E-state index contributed by atoms with van der Waals surface area (Å²) in [5.41, 5.74) is 4.68. The predicted molar refractivity (Wildman–Crippen MR) is 103 cm³/mol. The molecular weight excluding hydrogens is 314 g/mol. The highest BCUT2D eigenvalue weighted by Gasteiger charge is 2.07. The zero-order valence-corrected chi connectivity index (χ0v) is 14.8. The van der Waals surface area contributed by atoms with E-state index in [1.165, 1.54) is 5.56 Å². The van der Waals surface area contributed by atoms with E-state index in [-0.39, 0.29) is 0 Å². The maximum absolute atomic E-state index is 4.83. The molecule has 0 aliphatic carbocycles. The summed E-state index contributed by atoms with van der Waals surface area (Å²) in [4.78, 5) is 5.27. The summed E-state index contributed by atoms with van der Waals surface area (Å²) < 4.78 is 1.96. The van der Waals surface area contributed by atoms with Gasteiger partial charge in [-0.2, -0.15) is 5.10 Å². The molecule has 0 unspecified atom stereocenters. The van der Waals surface area contributed by atoms with E-state index in [9.17, 15) is 0 Å². The highest BCUT2D eigenvalue weighted by atomic mass is 32.1. The fourth-order valence-electron chi connectivity index (χ4n) is 2.55. The third-order valence-electron chi connectivity index (χ3n) is 3.84. The van der Waals surface area contributed by atoms with Crippen LogP contribution in [-0.2, 0) is 6.42 Å². The fourth-order valence-corrected chi connectivity index (χ4v) is 3.34. The Morgan fingerprint density at radius 2 is 1.67 bits per heavy atom. The summed E-state index contributed by atoms with van der Waals surface area (Å²) in [7, 11) is 1.81. The Bertz CT molecular complexity index is 874. The Labute approximate surface area is 146 Å². The summed E-state index contributed by atoms with van der Waals surface area (Å²) in [5.74, 6) is 0. The summed E-state index contributed by atoms with van der Waals surface area (Å²) in [5, 5.41) is 6.95. The molecule has 3 aromatic rings. The standard InChI is InChI=1S/C20H21N3S/c1-16(13-14-17-9-5-3-6-10-17)22-23-19(15-24-20(23)21-2)18-11-7-4-8-12-18/h3-12,15H,13-14H2,1-2H3. The van der Waals surface area contributed by atoms with E-state index in [0.29, 0.717) is 0 Å². The molecule has 0 atom stereocenters. The topological polar surface area (TPSA) is 29.6 Å². The summed E-state index contributed by atoms with van der Waals surface area (Å²) in [6, 6.07) is 20.9. The second-order valence-electron chi connectivity index (χ2n) is 5.63. The number of hydrogen-bond donors (Lipinski definition) is 0. The maximum atomic E-state index is 4.83. The van der Waals surface area contributed by atoms with Crippen LogP contribution in [0, 0.1) is 0 Å². The summed E-state index contributed by atoms with van der Waals surface area (Å²) >= 11 is 1.62. The van der Waals surface area contributed by atoms with Crippen LogP contribution in [0.25, 0.3) is 11.3 Å². The van der Waals surface area contributed by atoms with Crippen LogP contribution in [0.4, 0.5) is 0 Å². The Morgan fingerprint density at radius 3 is 2.33 bits per heavy atom. The van der Waals surface area contributed by atoms with E-state index in [2.05, 4.69) is 53.7 Å².